The summed E-state index contributed by atoms with van der Waals surface area (Å²) < 4.78 is 5.75. The molecule has 0 atom stereocenters. The Morgan fingerprint density at radius 3 is 2.76 bits per heavy atom. The van der Waals surface area contributed by atoms with E-state index >= 15 is 0 Å². The molecule has 17 heavy (non-hydrogen) atoms. The van der Waals surface area contributed by atoms with Gasteiger partial charge in [0.2, 0.25) is 0 Å². The van der Waals surface area contributed by atoms with E-state index in [1.54, 1.807) is 19.5 Å². The normalized spacial score (nSPS) is 10.3. The number of pyridine rings is 1. The van der Waals surface area contributed by atoms with E-state index in [0.29, 0.717) is 10.4 Å². The molecule has 0 bridgehead atoms. The van der Waals surface area contributed by atoms with E-state index < -0.39 is 0 Å². The summed E-state index contributed by atoms with van der Waals surface area (Å²) in [6.07, 6.45) is 3.38. The maximum absolute atomic E-state index is 5.27. The lowest BCUT2D eigenvalue weighted by Gasteiger charge is -2.06. The van der Waals surface area contributed by atoms with Crippen LogP contribution in [0.3, 0.4) is 0 Å². The summed E-state index contributed by atoms with van der Waals surface area (Å²) in [4.78, 5) is 11.7. The number of aromatic nitrogens is 3. The number of aryl methyl sites for hydroxylation is 2. The van der Waals surface area contributed by atoms with Gasteiger partial charge in [0.25, 0.3) is 0 Å². The first kappa shape index (κ1) is 11.7. The molecule has 0 aromatic carbocycles. The van der Waals surface area contributed by atoms with Gasteiger partial charge in [-0.1, -0.05) is 12.2 Å². The van der Waals surface area contributed by atoms with Gasteiger partial charge < -0.3 is 9.72 Å². The van der Waals surface area contributed by atoms with E-state index in [0.717, 1.165) is 22.6 Å². The fraction of sp³-hybridized carbons (Fsp3) is 0.250. The summed E-state index contributed by atoms with van der Waals surface area (Å²) in [5.41, 5.74) is 3.49. The van der Waals surface area contributed by atoms with Crippen LogP contribution in [0.15, 0.2) is 18.5 Å². The lowest BCUT2D eigenvalue weighted by Crippen LogP contribution is -1.97. The number of hydrogen-bond acceptors (Lipinski definition) is 4. The zero-order valence-corrected chi connectivity index (χ0v) is 10.8. The van der Waals surface area contributed by atoms with Gasteiger partial charge in [-0.2, -0.15) is 0 Å². The van der Waals surface area contributed by atoms with E-state index in [-0.39, 0.29) is 0 Å². The third kappa shape index (κ3) is 2.34. The molecular formula is C12H13N3OS. The highest BCUT2D eigenvalue weighted by Gasteiger charge is 2.06. The summed E-state index contributed by atoms with van der Waals surface area (Å²) >= 11 is 5.27. The average molecular weight is 247 g/mol. The Bertz CT molecular complexity index is 607. The molecular weight excluding hydrogens is 234 g/mol. The summed E-state index contributed by atoms with van der Waals surface area (Å²) in [5, 5.41) is 0. The van der Waals surface area contributed by atoms with Crippen molar-refractivity contribution in [3.05, 3.63) is 34.5 Å². The Morgan fingerprint density at radius 2 is 2.06 bits per heavy atom. The minimum atomic E-state index is 0.614. The van der Waals surface area contributed by atoms with Crippen LogP contribution in [0.5, 0.6) is 5.75 Å². The molecule has 0 saturated carbocycles. The van der Waals surface area contributed by atoms with Crippen LogP contribution in [0.1, 0.15) is 11.4 Å². The number of aromatic amines is 1. The molecule has 1 N–H and O–H groups in total. The van der Waals surface area contributed by atoms with Crippen molar-refractivity contribution in [1.82, 2.24) is 15.0 Å². The minimum absolute atomic E-state index is 0.614. The summed E-state index contributed by atoms with van der Waals surface area (Å²) in [6, 6.07) is 1.87. The van der Waals surface area contributed by atoms with Crippen molar-refractivity contribution in [3.63, 3.8) is 0 Å². The van der Waals surface area contributed by atoms with E-state index in [1.807, 2.05) is 19.9 Å². The molecule has 0 aliphatic heterocycles. The zero-order chi connectivity index (χ0) is 12.4. The van der Waals surface area contributed by atoms with Crippen molar-refractivity contribution < 1.29 is 4.74 Å². The van der Waals surface area contributed by atoms with Gasteiger partial charge in [-0.05, 0) is 19.9 Å². The molecule has 2 aromatic heterocycles. The smallest absolute Gasteiger partial charge is 0.137 e. The van der Waals surface area contributed by atoms with Crippen molar-refractivity contribution in [1.29, 1.82) is 0 Å². The average Bonchev–Trinajstić information content (AvgIpc) is 2.34. The van der Waals surface area contributed by atoms with Crippen LogP contribution in [0.4, 0.5) is 0 Å². The number of ether oxygens (including phenoxy) is 1. The lowest BCUT2D eigenvalue weighted by molar-refractivity contribution is 0.413. The SMILES string of the molecule is COc1cncc(-c2nc(C)c(C)[nH]c2=S)c1. The van der Waals surface area contributed by atoms with Crippen LogP contribution < -0.4 is 4.74 Å². The van der Waals surface area contributed by atoms with Crippen LogP contribution in [0.25, 0.3) is 11.3 Å². The first-order valence-electron chi connectivity index (χ1n) is 5.18. The number of hydrogen-bond donors (Lipinski definition) is 1. The van der Waals surface area contributed by atoms with E-state index in [2.05, 4.69) is 15.0 Å². The van der Waals surface area contributed by atoms with Crippen molar-refractivity contribution in [2.45, 2.75) is 13.8 Å². The van der Waals surface area contributed by atoms with Crippen LogP contribution in [0.2, 0.25) is 0 Å². The monoisotopic (exact) mass is 247 g/mol. The topological polar surface area (TPSA) is 50.8 Å². The number of nitrogens with one attached hydrogen (secondary N) is 1. The van der Waals surface area contributed by atoms with Gasteiger partial charge >= 0.3 is 0 Å². The Hall–Kier alpha value is -1.75. The second kappa shape index (κ2) is 4.63. The van der Waals surface area contributed by atoms with Crippen molar-refractivity contribution in [3.8, 4) is 17.0 Å². The largest absolute Gasteiger partial charge is 0.495 e. The van der Waals surface area contributed by atoms with Crippen LogP contribution >= 0.6 is 12.2 Å². The molecule has 4 nitrogen and oxygen atoms in total. The molecule has 2 heterocycles. The fourth-order valence-corrected chi connectivity index (χ4v) is 1.79. The fourth-order valence-electron chi connectivity index (χ4n) is 1.48. The Morgan fingerprint density at radius 1 is 1.29 bits per heavy atom. The van der Waals surface area contributed by atoms with E-state index in [1.165, 1.54) is 0 Å². The zero-order valence-electron chi connectivity index (χ0n) is 9.94. The number of nitrogens with zero attached hydrogens (tertiary/aromatic N) is 2. The second-order valence-corrected chi connectivity index (χ2v) is 4.15. The first-order valence-corrected chi connectivity index (χ1v) is 5.59. The predicted octanol–water partition coefficient (Wildman–Crippen LogP) is 2.83. The molecule has 88 valence electrons. The van der Waals surface area contributed by atoms with Gasteiger partial charge in [-0.25, -0.2) is 4.98 Å². The highest BCUT2D eigenvalue weighted by Crippen LogP contribution is 2.21. The molecule has 0 fully saturated rings. The van der Waals surface area contributed by atoms with Gasteiger partial charge in [0.05, 0.1) is 19.0 Å². The lowest BCUT2D eigenvalue weighted by atomic mass is 10.2. The second-order valence-electron chi connectivity index (χ2n) is 3.74. The molecule has 0 spiro atoms. The maximum atomic E-state index is 5.27. The van der Waals surface area contributed by atoms with E-state index in [9.17, 15) is 0 Å². The van der Waals surface area contributed by atoms with Crippen molar-refractivity contribution >= 4 is 12.2 Å². The third-order valence-corrected chi connectivity index (χ3v) is 2.86. The third-order valence-electron chi connectivity index (χ3n) is 2.56. The number of H-pyrrole nitrogens is 1. The van der Waals surface area contributed by atoms with Gasteiger partial charge in [0, 0.05) is 17.5 Å². The Balaban J connectivity index is 2.60. The summed E-state index contributed by atoms with van der Waals surface area (Å²) in [7, 11) is 1.61. The molecule has 0 aliphatic rings. The van der Waals surface area contributed by atoms with Crippen LogP contribution in [0, 0.1) is 18.5 Å². The molecule has 0 saturated heterocycles. The molecule has 2 rings (SSSR count). The highest BCUT2D eigenvalue weighted by molar-refractivity contribution is 7.71. The summed E-state index contributed by atoms with van der Waals surface area (Å²) in [5.74, 6) is 0.692. The molecule has 5 heteroatoms. The van der Waals surface area contributed by atoms with Crippen molar-refractivity contribution in [2.24, 2.45) is 0 Å². The van der Waals surface area contributed by atoms with Crippen molar-refractivity contribution in [2.75, 3.05) is 7.11 Å². The first-order chi connectivity index (χ1) is 8.11. The standard InChI is InChI=1S/C12H13N3OS/c1-7-8(2)15-12(17)11(14-7)9-4-10(16-3)6-13-5-9/h4-6H,1-3H3,(H,15,17). The predicted molar refractivity (Wildman–Crippen MR) is 68.7 cm³/mol. The molecule has 0 unspecified atom stereocenters. The quantitative estimate of drug-likeness (QED) is 0.829. The molecule has 0 radical (unpaired) electrons. The molecule has 0 aliphatic carbocycles. The highest BCUT2D eigenvalue weighted by atomic mass is 32.1. The molecule has 2 aromatic rings. The van der Waals surface area contributed by atoms with E-state index in [4.69, 9.17) is 17.0 Å². The Labute approximate surface area is 105 Å². The summed E-state index contributed by atoms with van der Waals surface area (Å²) in [6.45, 7) is 3.89. The van der Waals surface area contributed by atoms with Gasteiger partial charge in [-0.3, -0.25) is 4.98 Å². The van der Waals surface area contributed by atoms with Crippen LogP contribution in [-0.4, -0.2) is 22.1 Å². The molecule has 0 amide bonds. The minimum Gasteiger partial charge on any atom is -0.495 e. The number of rotatable bonds is 2. The maximum Gasteiger partial charge on any atom is 0.137 e. The van der Waals surface area contributed by atoms with Gasteiger partial charge in [0.15, 0.2) is 0 Å². The number of methoxy groups -OCH3 is 1. The van der Waals surface area contributed by atoms with Gasteiger partial charge in [0.1, 0.15) is 16.1 Å². The Kier molecular flexibility index (Phi) is 3.19. The van der Waals surface area contributed by atoms with Crippen LogP contribution in [-0.2, 0) is 0 Å². The van der Waals surface area contributed by atoms with Gasteiger partial charge in [-0.15, -0.1) is 0 Å².